The minimum Gasteiger partial charge on any atom is -0.326 e. The molecule has 24 heavy (non-hydrogen) atoms. The summed E-state index contributed by atoms with van der Waals surface area (Å²) in [5, 5.41) is 2.84. The van der Waals surface area contributed by atoms with Crippen molar-refractivity contribution in [3.8, 4) is 5.69 Å². The number of nitrogens with zero attached hydrogens (tertiary/aromatic N) is 2. The second-order valence-corrected chi connectivity index (χ2v) is 6.23. The first-order valence-corrected chi connectivity index (χ1v) is 8.46. The van der Waals surface area contributed by atoms with E-state index in [0.29, 0.717) is 17.1 Å². The zero-order chi connectivity index (χ0) is 16.8. The van der Waals surface area contributed by atoms with Crippen molar-refractivity contribution in [3.63, 3.8) is 0 Å². The molecule has 6 heteroatoms. The molecule has 4 nitrogen and oxygen atoms in total. The average Bonchev–Trinajstić information content (AvgIpc) is 3.12. The fraction of sp³-hybridized carbons (Fsp3) is 0.111. The van der Waals surface area contributed by atoms with Gasteiger partial charge in [-0.25, -0.2) is 9.37 Å². The number of carbonyl (C=O) groups excluding carboxylic acids is 1. The summed E-state index contributed by atoms with van der Waals surface area (Å²) in [4.78, 5) is 16.5. The molecule has 122 valence electrons. The lowest BCUT2D eigenvalue weighted by Gasteiger charge is -2.07. The molecule has 0 unspecified atom stereocenters. The molecular weight excluding hydrogens is 325 g/mol. The van der Waals surface area contributed by atoms with Gasteiger partial charge in [0.15, 0.2) is 0 Å². The van der Waals surface area contributed by atoms with Crippen LogP contribution in [0.3, 0.4) is 0 Å². The van der Waals surface area contributed by atoms with Crippen molar-refractivity contribution in [3.05, 3.63) is 73.1 Å². The van der Waals surface area contributed by atoms with E-state index >= 15 is 0 Å². The molecule has 0 saturated heterocycles. The second kappa shape index (κ2) is 7.79. The van der Waals surface area contributed by atoms with E-state index < -0.39 is 0 Å². The van der Waals surface area contributed by atoms with Crippen molar-refractivity contribution in [1.29, 1.82) is 0 Å². The van der Waals surface area contributed by atoms with Gasteiger partial charge in [-0.05, 0) is 36.4 Å². The van der Waals surface area contributed by atoms with E-state index in [1.807, 2.05) is 35.0 Å². The van der Waals surface area contributed by atoms with Crippen molar-refractivity contribution in [2.75, 3.05) is 11.1 Å². The van der Waals surface area contributed by atoms with Crippen LogP contribution in [0.2, 0.25) is 0 Å². The number of imidazole rings is 1. The highest BCUT2D eigenvalue weighted by molar-refractivity contribution is 7.99. The highest BCUT2D eigenvalue weighted by Gasteiger charge is 2.06. The van der Waals surface area contributed by atoms with Crippen LogP contribution in [0.4, 0.5) is 10.1 Å². The molecule has 1 heterocycles. The Morgan fingerprint density at radius 1 is 1.17 bits per heavy atom. The van der Waals surface area contributed by atoms with Gasteiger partial charge in [0, 0.05) is 40.8 Å². The van der Waals surface area contributed by atoms with Crippen molar-refractivity contribution in [1.82, 2.24) is 9.55 Å². The predicted octanol–water partition coefficient (Wildman–Crippen LogP) is 4.13. The Balaban J connectivity index is 1.49. The van der Waals surface area contributed by atoms with Gasteiger partial charge in [-0.2, -0.15) is 0 Å². The number of benzene rings is 2. The fourth-order valence-electron chi connectivity index (χ4n) is 2.17. The van der Waals surface area contributed by atoms with Crippen LogP contribution in [0.25, 0.3) is 5.69 Å². The third kappa shape index (κ3) is 4.23. The Morgan fingerprint density at radius 2 is 1.96 bits per heavy atom. The Morgan fingerprint density at radius 3 is 2.67 bits per heavy atom. The molecule has 1 N–H and O–H groups in total. The number of rotatable bonds is 6. The smallest absolute Gasteiger partial charge is 0.225 e. The Labute approximate surface area is 143 Å². The standard InChI is InChI=1S/C18H16FN3OS/c19-16-3-1-2-4-17(16)24-12-9-18(23)21-14-5-7-15(8-6-14)22-11-10-20-13-22/h1-8,10-11,13H,9,12H2,(H,21,23). The summed E-state index contributed by atoms with van der Waals surface area (Å²) in [5.74, 6) is 0.187. The van der Waals surface area contributed by atoms with Gasteiger partial charge in [0.2, 0.25) is 5.91 Å². The number of thioether (sulfide) groups is 1. The fourth-order valence-corrected chi connectivity index (χ4v) is 3.06. The van der Waals surface area contributed by atoms with E-state index in [4.69, 9.17) is 0 Å². The van der Waals surface area contributed by atoms with Gasteiger partial charge < -0.3 is 9.88 Å². The number of nitrogens with one attached hydrogen (secondary N) is 1. The van der Waals surface area contributed by atoms with Crippen LogP contribution in [0, 0.1) is 5.82 Å². The molecule has 3 aromatic rings. The van der Waals surface area contributed by atoms with Crippen molar-refractivity contribution >= 4 is 23.4 Å². The number of anilines is 1. The van der Waals surface area contributed by atoms with Gasteiger partial charge in [0.25, 0.3) is 0 Å². The van der Waals surface area contributed by atoms with E-state index in [1.165, 1.54) is 17.8 Å². The van der Waals surface area contributed by atoms with Crippen LogP contribution in [0.5, 0.6) is 0 Å². The van der Waals surface area contributed by atoms with E-state index in [0.717, 1.165) is 11.4 Å². The zero-order valence-corrected chi connectivity index (χ0v) is 13.7. The maximum atomic E-state index is 13.5. The molecule has 1 amide bonds. The summed E-state index contributed by atoms with van der Waals surface area (Å²) in [5.41, 5.74) is 1.71. The number of aromatic nitrogens is 2. The minimum absolute atomic E-state index is 0.0887. The summed E-state index contributed by atoms with van der Waals surface area (Å²) in [6.45, 7) is 0. The molecule has 0 radical (unpaired) electrons. The molecule has 0 saturated carbocycles. The van der Waals surface area contributed by atoms with Crippen LogP contribution in [-0.4, -0.2) is 21.2 Å². The maximum absolute atomic E-state index is 13.5. The molecule has 3 rings (SSSR count). The third-order valence-electron chi connectivity index (χ3n) is 3.38. The SMILES string of the molecule is O=C(CCSc1ccccc1F)Nc1ccc(-n2ccnc2)cc1. The third-order valence-corrected chi connectivity index (χ3v) is 4.43. The van der Waals surface area contributed by atoms with Crippen LogP contribution in [0.15, 0.2) is 72.1 Å². The topological polar surface area (TPSA) is 46.9 Å². The second-order valence-electron chi connectivity index (χ2n) is 5.09. The first-order chi connectivity index (χ1) is 11.7. The van der Waals surface area contributed by atoms with Crippen molar-refractivity contribution in [2.45, 2.75) is 11.3 Å². The molecule has 0 aliphatic heterocycles. The summed E-state index contributed by atoms with van der Waals surface area (Å²) in [6.07, 6.45) is 5.60. The Kier molecular flexibility index (Phi) is 5.28. The predicted molar refractivity (Wildman–Crippen MR) is 93.9 cm³/mol. The van der Waals surface area contributed by atoms with Crippen LogP contribution in [0.1, 0.15) is 6.42 Å². The maximum Gasteiger partial charge on any atom is 0.225 e. The highest BCUT2D eigenvalue weighted by Crippen LogP contribution is 2.22. The number of amides is 1. The summed E-state index contributed by atoms with van der Waals surface area (Å²) in [7, 11) is 0. The normalized spacial score (nSPS) is 10.5. The van der Waals surface area contributed by atoms with Crippen molar-refractivity contribution in [2.24, 2.45) is 0 Å². The van der Waals surface area contributed by atoms with Crippen molar-refractivity contribution < 1.29 is 9.18 Å². The molecule has 0 fully saturated rings. The average molecular weight is 341 g/mol. The summed E-state index contributed by atoms with van der Waals surface area (Å²) >= 11 is 1.34. The molecule has 0 spiro atoms. The first kappa shape index (κ1) is 16.3. The van der Waals surface area contributed by atoms with Crippen LogP contribution < -0.4 is 5.32 Å². The molecular formula is C18H16FN3OS. The molecule has 0 atom stereocenters. The largest absolute Gasteiger partial charge is 0.326 e. The monoisotopic (exact) mass is 341 g/mol. The lowest BCUT2D eigenvalue weighted by atomic mass is 10.2. The first-order valence-electron chi connectivity index (χ1n) is 7.48. The van der Waals surface area contributed by atoms with E-state index in [9.17, 15) is 9.18 Å². The molecule has 1 aromatic heterocycles. The molecule has 0 bridgehead atoms. The number of hydrogen-bond donors (Lipinski definition) is 1. The lowest BCUT2D eigenvalue weighted by molar-refractivity contribution is -0.115. The van der Waals surface area contributed by atoms with Gasteiger partial charge in [-0.15, -0.1) is 11.8 Å². The van der Waals surface area contributed by atoms with E-state index in [1.54, 1.807) is 30.7 Å². The lowest BCUT2D eigenvalue weighted by Crippen LogP contribution is -2.12. The van der Waals surface area contributed by atoms with Crippen LogP contribution >= 0.6 is 11.8 Å². The quantitative estimate of drug-likeness (QED) is 0.686. The van der Waals surface area contributed by atoms with Crippen LogP contribution in [-0.2, 0) is 4.79 Å². The van der Waals surface area contributed by atoms with Gasteiger partial charge in [0.1, 0.15) is 5.82 Å². The van der Waals surface area contributed by atoms with E-state index in [-0.39, 0.29) is 11.7 Å². The molecule has 0 aliphatic rings. The Bertz CT molecular complexity index is 803. The van der Waals surface area contributed by atoms with Gasteiger partial charge in [0.05, 0.1) is 6.33 Å². The minimum atomic E-state index is -0.252. The number of hydrogen-bond acceptors (Lipinski definition) is 3. The van der Waals surface area contributed by atoms with Gasteiger partial charge >= 0.3 is 0 Å². The number of halogens is 1. The van der Waals surface area contributed by atoms with Gasteiger partial charge in [-0.1, -0.05) is 12.1 Å². The molecule has 2 aromatic carbocycles. The van der Waals surface area contributed by atoms with Gasteiger partial charge in [-0.3, -0.25) is 4.79 Å². The number of carbonyl (C=O) groups is 1. The summed E-state index contributed by atoms with van der Waals surface area (Å²) < 4.78 is 15.4. The zero-order valence-electron chi connectivity index (χ0n) is 12.9. The summed E-state index contributed by atoms with van der Waals surface area (Å²) in [6, 6.07) is 14.1. The highest BCUT2D eigenvalue weighted by atomic mass is 32.2. The molecule has 0 aliphatic carbocycles. The van der Waals surface area contributed by atoms with E-state index in [2.05, 4.69) is 10.3 Å². The Hall–Kier alpha value is -2.60.